The zero-order chi connectivity index (χ0) is 9.46. The van der Waals surface area contributed by atoms with Crippen LogP contribution < -0.4 is 11.2 Å². The van der Waals surface area contributed by atoms with Crippen LogP contribution >= 0.6 is 25.3 Å². The van der Waals surface area contributed by atoms with Crippen LogP contribution in [0.1, 0.15) is 0 Å². The van der Waals surface area contributed by atoms with Gasteiger partial charge in [0, 0.05) is 14.1 Å². The molecule has 0 aliphatic heterocycles. The summed E-state index contributed by atoms with van der Waals surface area (Å²) in [6.45, 7) is 0. The molecular formula is C6H8N2O2S2. The van der Waals surface area contributed by atoms with E-state index in [0.29, 0.717) is 0 Å². The van der Waals surface area contributed by atoms with Crippen molar-refractivity contribution in [2.45, 2.75) is 9.92 Å². The van der Waals surface area contributed by atoms with E-state index in [2.05, 4.69) is 25.3 Å². The number of nitrogens with zero attached hydrogens (tertiary/aromatic N) is 2. The Balaban J connectivity index is 3.86. The molecule has 12 heavy (non-hydrogen) atoms. The number of hydrogen-bond donors (Lipinski definition) is 2. The van der Waals surface area contributed by atoms with Crippen LogP contribution in [0.3, 0.4) is 0 Å². The first-order valence-electron chi connectivity index (χ1n) is 3.14. The predicted octanol–water partition coefficient (Wildman–Crippen LogP) is -0.339. The van der Waals surface area contributed by atoms with Crippen molar-refractivity contribution in [1.29, 1.82) is 0 Å². The van der Waals surface area contributed by atoms with Gasteiger partial charge in [0.05, 0.1) is 5.03 Å². The Hall–Kier alpha value is -0.620. The molecule has 66 valence electrons. The van der Waals surface area contributed by atoms with E-state index in [0.717, 1.165) is 4.57 Å². The van der Waals surface area contributed by atoms with Gasteiger partial charge in [-0.1, -0.05) is 0 Å². The van der Waals surface area contributed by atoms with Crippen molar-refractivity contribution in [3.8, 4) is 0 Å². The van der Waals surface area contributed by atoms with Crippen molar-refractivity contribution in [3.05, 3.63) is 20.8 Å². The average Bonchev–Trinajstić information content (AvgIpc) is 2.08. The van der Waals surface area contributed by atoms with E-state index >= 15 is 0 Å². The van der Waals surface area contributed by atoms with Crippen LogP contribution in [0.4, 0.5) is 0 Å². The van der Waals surface area contributed by atoms with Gasteiger partial charge in [0.2, 0.25) is 0 Å². The molecule has 0 spiro atoms. The molecule has 1 rings (SSSR count). The molecule has 0 saturated carbocycles. The topological polar surface area (TPSA) is 44.0 Å². The normalized spacial score (nSPS) is 10.3. The summed E-state index contributed by atoms with van der Waals surface area (Å²) in [6.07, 6.45) is 0. The van der Waals surface area contributed by atoms with Gasteiger partial charge < -0.3 is 0 Å². The third kappa shape index (κ3) is 1.21. The molecule has 0 aliphatic carbocycles. The van der Waals surface area contributed by atoms with Crippen molar-refractivity contribution in [2.24, 2.45) is 14.1 Å². The second kappa shape index (κ2) is 3.02. The number of aromatic nitrogens is 2. The Morgan fingerprint density at radius 3 is 2.08 bits per heavy atom. The van der Waals surface area contributed by atoms with Gasteiger partial charge in [-0.25, -0.2) is 4.79 Å². The second-order valence-corrected chi connectivity index (χ2v) is 3.25. The minimum Gasteiger partial charge on any atom is -0.290 e. The highest BCUT2D eigenvalue weighted by Gasteiger charge is 2.08. The standard InChI is InChI=1S/C6H8N2O2S2/c1-7-4(9)3(11)5(12)8(2)6(7)10/h11-12H,1-2H3. The van der Waals surface area contributed by atoms with Crippen molar-refractivity contribution in [1.82, 2.24) is 9.13 Å². The minimum atomic E-state index is -0.425. The quantitative estimate of drug-likeness (QED) is 0.448. The molecule has 1 aromatic rings. The molecule has 0 aliphatic rings. The van der Waals surface area contributed by atoms with E-state index in [1.54, 1.807) is 0 Å². The van der Waals surface area contributed by atoms with Crippen molar-refractivity contribution in [2.75, 3.05) is 0 Å². The monoisotopic (exact) mass is 204 g/mol. The first kappa shape index (κ1) is 9.47. The summed E-state index contributed by atoms with van der Waals surface area (Å²) < 4.78 is 2.24. The highest BCUT2D eigenvalue weighted by molar-refractivity contribution is 7.83. The van der Waals surface area contributed by atoms with Crippen LogP contribution in [0.2, 0.25) is 0 Å². The van der Waals surface area contributed by atoms with Gasteiger partial charge in [0.25, 0.3) is 5.56 Å². The van der Waals surface area contributed by atoms with E-state index in [1.807, 2.05) is 0 Å². The van der Waals surface area contributed by atoms with E-state index in [1.165, 1.54) is 18.7 Å². The third-order valence-electron chi connectivity index (χ3n) is 1.61. The van der Waals surface area contributed by atoms with Gasteiger partial charge in [-0.15, -0.1) is 25.3 Å². The van der Waals surface area contributed by atoms with Crippen LogP contribution in [0.25, 0.3) is 0 Å². The molecule has 0 N–H and O–H groups in total. The lowest BCUT2D eigenvalue weighted by Crippen LogP contribution is -2.38. The van der Waals surface area contributed by atoms with E-state index in [9.17, 15) is 9.59 Å². The fourth-order valence-electron chi connectivity index (χ4n) is 0.816. The largest absolute Gasteiger partial charge is 0.331 e. The highest BCUT2D eigenvalue weighted by atomic mass is 32.1. The van der Waals surface area contributed by atoms with Gasteiger partial charge in [-0.3, -0.25) is 13.9 Å². The molecule has 0 atom stereocenters. The summed E-state index contributed by atoms with van der Waals surface area (Å²) in [7, 11) is 2.93. The van der Waals surface area contributed by atoms with Gasteiger partial charge in [-0.2, -0.15) is 0 Å². The molecular weight excluding hydrogens is 196 g/mol. The molecule has 1 heterocycles. The fourth-order valence-corrected chi connectivity index (χ4v) is 1.30. The molecule has 6 heteroatoms. The maximum Gasteiger partial charge on any atom is 0.331 e. The Kier molecular flexibility index (Phi) is 2.39. The summed E-state index contributed by atoms with van der Waals surface area (Å²) in [4.78, 5) is 22.6. The first-order chi connectivity index (χ1) is 5.46. The molecule has 0 amide bonds. The maximum absolute atomic E-state index is 11.2. The Bertz CT molecular complexity index is 395. The molecule has 0 fully saturated rings. The maximum atomic E-state index is 11.2. The molecule has 1 aromatic heterocycles. The Morgan fingerprint density at radius 2 is 1.58 bits per heavy atom. The number of rotatable bonds is 0. The van der Waals surface area contributed by atoms with Crippen molar-refractivity contribution < 1.29 is 0 Å². The smallest absolute Gasteiger partial charge is 0.290 e. The summed E-state index contributed by atoms with van der Waals surface area (Å²) in [5.41, 5.74) is -0.825. The Morgan fingerprint density at radius 1 is 1.08 bits per heavy atom. The number of thiol groups is 2. The van der Waals surface area contributed by atoms with Crippen LogP contribution in [0, 0.1) is 0 Å². The van der Waals surface area contributed by atoms with Crippen molar-refractivity contribution >= 4 is 25.3 Å². The van der Waals surface area contributed by atoms with E-state index in [-0.39, 0.29) is 9.92 Å². The second-order valence-electron chi connectivity index (χ2n) is 2.38. The summed E-state index contributed by atoms with van der Waals surface area (Å²) in [5.74, 6) is 0. The molecule has 0 aromatic carbocycles. The average molecular weight is 204 g/mol. The van der Waals surface area contributed by atoms with Gasteiger partial charge >= 0.3 is 5.69 Å². The lowest BCUT2D eigenvalue weighted by molar-refractivity contribution is 0.605. The summed E-state index contributed by atoms with van der Waals surface area (Å²) in [5, 5.41) is 0.284. The molecule has 4 nitrogen and oxygen atoms in total. The van der Waals surface area contributed by atoms with Gasteiger partial charge in [0.15, 0.2) is 0 Å². The molecule has 0 bridgehead atoms. The van der Waals surface area contributed by atoms with E-state index in [4.69, 9.17) is 0 Å². The van der Waals surface area contributed by atoms with Gasteiger partial charge in [0.1, 0.15) is 4.90 Å². The summed E-state index contributed by atoms with van der Waals surface area (Å²) >= 11 is 7.90. The fraction of sp³-hybridized carbons (Fsp3) is 0.333. The first-order valence-corrected chi connectivity index (χ1v) is 4.04. The Labute approximate surface area is 79.7 Å². The lowest BCUT2D eigenvalue weighted by atomic mass is 10.6. The van der Waals surface area contributed by atoms with Crippen LogP contribution in [-0.2, 0) is 14.1 Å². The summed E-state index contributed by atoms with van der Waals surface area (Å²) in [6, 6.07) is 0. The van der Waals surface area contributed by atoms with Gasteiger partial charge in [-0.05, 0) is 0 Å². The lowest BCUT2D eigenvalue weighted by Gasteiger charge is -2.06. The number of hydrogen-bond acceptors (Lipinski definition) is 4. The van der Waals surface area contributed by atoms with Crippen molar-refractivity contribution in [3.63, 3.8) is 0 Å². The highest BCUT2D eigenvalue weighted by Crippen LogP contribution is 2.08. The van der Waals surface area contributed by atoms with Crippen LogP contribution in [0.15, 0.2) is 19.5 Å². The van der Waals surface area contributed by atoms with Crippen LogP contribution in [0.5, 0.6) is 0 Å². The molecule has 0 unspecified atom stereocenters. The minimum absolute atomic E-state index is 0.183. The zero-order valence-corrected chi connectivity index (χ0v) is 8.39. The zero-order valence-electron chi connectivity index (χ0n) is 6.61. The predicted molar refractivity (Wildman–Crippen MR) is 51.4 cm³/mol. The van der Waals surface area contributed by atoms with E-state index < -0.39 is 11.2 Å². The third-order valence-corrected chi connectivity index (χ3v) is 2.71. The SMILES string of the molecule is Cn1c(S)c(S)c(=O)n(C)c1=O. The molecule has 0 saturated heterocycles. The molecule has 0 radical (unpaired) electrons. The van der Waals surface area contributed by atoms with Crippen LogP contribution in [-0.4, -0.2) is 9.13 Å².